The molecule has 8 heteroatoms. The zero-order chi connectivity index (χ0) is 15.5. The smallest absolute Gasteiger partial charge is 0.340 e. The summed E-state index contributed by atoms with van der Waals surface area (Å²) in [6.45, 7) is 4.63. The lowest BCUT2D eigenvalue weighted by atomic mass is 10.2. The van der Waals surface area contributed by atoms with E-state index in [1.807, 2.05) is 6.26 Å². The minimum atomic E-state index is -3.91. The number of aromatic carboxylic acids is 1. The second-order valence-corrected chi connectivity index (χ2v) is 7.16. The van der Waals surface area contributed by atoms with Gasteiger partial charge in [0.15, 0.2) is 0 Å². The summed E-state index contributed by atoms with van der Waals surface area (Å²) in [4.78, 5) is 10.9. The second kappa shape index (κ2) is 6.64. The molecule has 1 aromatic heterocycles. The van der Waals surface area contributed by atoms with E-state index in [0.717, 1.165) is 5.75 Å². The highest BCUT2D eigenvalue weighted by Crippen LogP contribution is 2.26. The molecule has 0 spiro atoms. The van der Waals surface area contributed by atoms with Crippen LogP contribution in [-0.2, 0) is 10.0 Å². The molecule has 114 valence electrons. The van der Waals surface area contributed by atoms with E-state index < -0.39 is 16.0 Å². The summed E-state index contributed by atoms with van der Waals surface area (Å²) in [5, 5.41) is 9.14. The van der Waals surface area contributed by atoms with Crippen molar-refractivity contribution in [1.29, 1.82) is 0 Å². The van der Waals surface area contributed by atoms with E-state index in [1.165, 1.54) is 13.8 Å². The normalized spacial score (nSPS) is 13.4. The quantitative estimate of drug-likeness (QED) is 0.797. The molecule has 0 amide bonds. The molecule has 6 nitrogen and oxygen atoms in total. The van der Waals surface area contributed by atoms with Gasteiger partial charge in [-0.2, -0.15) is 11.8 Å². The van der Waals surface area contributed by atoms with Crippen LogP contribution in [0.3, 0.4) is 0 Å². The molecule has 0 saturated carbocycles. The summed E-state index contributed by atoms with van der Waals surface area (Å²) in [6.07, 6.45) is 2.60. The van der Waals surface area contributed by atoms with Gasteiger partial charge in [0, 0.05) is 6.04 Å². The van der Waals surface area contributed by atoms with Gasteiger partial charge in [0.25, 0.3) is 0 Å². The summed E-state index contributed by atoms with van der Waals surface area (Å²) in [6, 6.07) is -0.274. The van der Waals surface area contributed by atoms with Crippen molar-refractivity contribution in [2.75, 3.05) is 12.0 Å². The van der Waals surface area contributed by atoms with Crippen LogP contribution in [0.2, 0.25) is 0 Å². The van der Waals surface area contributed by atoms with Gasteiger partial charge in [0.1, 0.15) is 22.0 Å². The van der Waals surface area contributed by atoms with Crippen molar-refractivity contribution in [3.8, 4) is 0 Å². The van der Waals surface area contributed by atoms with Crippen LogP contribution in [0.1, 0.15) is 35.2 Å². The highest BCUT2D eigenvalue weighted by Gasteiger charge is 2.31. The SMILES string of the molecule is CSCCC(C)NS(=O)(=O)c1c(C)oc(C)c1C(=O)O. The molecule has 2 N–H and O–H groups in total. The minimum Gasteiger partial charge on any atom is -0.478 e. The third-order valence-corrected chi connectivity index (χ3v) is 5.18. The number of aryl methyl sites for hydroxylation is 2. The maximum absolute atomic E-state index is 12.3. The summed E-state index contributed by atoms with van der Waals surface area (Å²) in [5.41, 5.74) is -0.299. The van der Waals surface area contributed by atoms with Gasteiger partial charge in [-0.1, -0.05) is 0 Å². The van der Waals surface area contributed by atoms with E-state index >= 15 is 0 Å². The fourth-order valence-electron chi connectivity index (χ4n) is 1.91. The number of hydrogen-bond acceptors (Lipinski definition) is 5. The van der Waals surface area contributed by atoms with Crippen LogP contribution in [0.15, 0.2) is 9.31 Å². The molecular weight excluding hydrogens is 302 g/mol. The molecule has 1 unspecified atom stereocenters. The number of thioether (sulfide) groups is 1. The van der Waals surface area contributed by atoms with E-state index in [1.54, 1.807) is 18.7 Å². The Morgan fingerprint density at radius 3 is 2.50 bits per heavy atom. The lowest BCUT2D eigenvalue weighted by molar-refractivity contribution is 0.0691. The molecule has 0 saturated heterocycles. The second-order valence-electron chi connectivity index (χ2n) is 4.53. The average Bonchev–Trinajstić information content (AvgIpc) is 2.61. The fraction of sp³-hybridized carbons (Fsp3) is 0.583. The zero-order valence-corrected chi connectivity index (χ0v) is 13.5. The van der Waals surface area contributed by atoms with Gasteiger partial charge in [-0.15, -0.1) is 0 Å². The first kappa shape index (κ1) is 17.1. The van der Waals surface area contributed by atoms with Gasteiger partial charge >= 0.3 is 5.97 Å². The molecule has 0 aliphatic heterocycles. The van der Waals surface area contributed by atoms with Crippen LogP contribution in [-0.4, -0.2) is 37.5 Å². The first-order chi connectivity index (χ1) is 9.20. The van der Waals surface area contributed by atoms with E-state index in [9.17, 15) is 13.2 Å². The standard InChI is InChI=1S/C12H19NO5S2/c1-7(5-6-19-4)13-20(16,17)11-9(3)18-8(2)10(11)12(14)15/h7,13H,5-6H2,1-4H3,(H,14,15). The Labute approximate surface area is 123 Å². The molecular formula is C12H19NO5S2. The number of nitrogens with one attached hydrogen (secondary N) is 1. The van der Waals surface area contributed by atoms with Crippen molar-refractivity contribution in [3.05, 3.63) is 17.1 Å². The lowest BCUT2D eigenvalue weighted by Crippen LogP contribution is -2.34. The number of furan rings is 1. The molecule has 0 bridgehead atoms. The summed E-state index contributed by atoms with van der Waals surface area (Å²) >= 11 is 1.62. The summed E-state index contributed by atoms with van der Waals surface area (Å²) < 4.78 is 32.3. The number of rotatable bonds is 7. The summed E-state index contributed by atoms with van der Waals surface area (Å²) in [7, 11) is -3.91. The lowest BCUT2D eigenvalue weighted by Gasteiger charge is -2.13. The van der Waals surface area contributed by atoms with Crippen LogP contribution in [0.5, 0.6) is 0 Å². The van der Waals surface area contributed by atoms with Crippen molar-refractivity contribution >= 4 is 27.8 Å². The van der Waals surface area contributed by atoms with Gasteiger partial charge in [-0.25, -0.2) is 17.9 Å². The predicted molar refractivity (Wildman–Crippen MR) is 77.9 cm³/mol. The number of sulfonamides is 1. The first-order valence-corrected chi connectivity index (χ1v) is 8.93. The maximum atomic E-state index is 12.3. The number of carboxylic acid groups (broad SMARTS) is 1. The fourth-order valence-corrected chi connectivity index (χ4v) is 4.19. The molecule has 1 heterocycles. The van der Waals surface area contributed by atoms with Crippen LogP contribution < -0.4 is 4.72 Å². The first-order valence-electron chi connectivity index (χ1n) is 6.05. The van der Waals surface area contributed by atoms with Gasteiger partial charge in [0.2, 0.25) is 10.0 Å². The van der Waals surface area contributed by atoms with Crippen LogP contribution in [0, 0.1) is 13.8 Å². The van der Waals surface area contributed by atoms with Crippen molar-refractivity contribution < 1.29 is 22.7 Å². The summed E-state index contributed by atoms with van der Waals surface area (Å²) in [5.74, 6) is -0.313. The Bertz CT molecular complexity index is 591. The molecule has 1 aromatic rings. The number of carboxylic acids is 1. The number of hydrogen-bond donors (Lipinski definition) is 2. The highest BCUT2D eigenvalue weighted by molar-refractivity contribution is 7.98. The third-order valence-electron chi connectivity index (χ3n) is 2.80. The Balaban J connectivity index is 3.13. The molecule has 0 aliphatic carbocycles. The molecule has 0 radical (unpaired) electrons. The van der Waals surface area contributed by atoms with Crippen molar-refractivity contribution in [1.82, 2.24) is 4.72 Å². The molecule has 1 rings (SSSR count). The van der Waals surface area contributed by atoms with Crippen LogP contribution in [0.25, 0.3) is 0 Å². The van der Waals surface area contributed by atoms with Gasteiger partial charge in [0.05, 0.1) is 0 Å². The Kier molecular flexibility index (Phi) is 5.67. The Morgan fingerprint density at radius 1 is 1.40 bits per heavy atom. The van der Waals surface area contributed by atoms with Crippen LogP contribution in [0.4, 0.5) is 0 Å². The van der Waals surface area contributed by atoms with Crippen molar-refractivity contribution in [2.45, 2.75) is 38.1 Å². The molecule has 0 fully saturated rings. The van der Waals surface area contributed by atoms with E-state index in [4.69, 9.17) is 9.52 Å². The monoisotopic (exact) mass is 321 g/mol. The molecule has 0 aliphatic rings. The third kappa shape index (κ3) is 3.77. The topological polar surface area (TPSA) is 96.6 Å². The predicted octanol–water partition coefficient (Wildman–Crippen LogP) is 2.01. The largest absolute Gasteiger partial charge is 0.478 e. The van der Waals surface area contributed by atoms with E-state index in [0.29, 0.717) is 6.42 Å². The molecule has 1 atom stereocenters. The maximum Gasteiger partial charge on any atom is 0.340 e. The van der Waals surface area contributed by atoms with Crippen LogP contribution >= 0.6 is 11.8 Å². The van der Waals surface area contributed by atoms with Crippen molar-refractivity contribution in [2.24, 2.45) is 0 Å². The highest BCUT2D eigenvalue weighted by atomic mass is 32.2. The Hall–Kier alpha value is -0.990. The van der Waals surface area contributed by atoms with E-state index in [-0.39, 0.29) is 28.0 Å². The zero-order valence-electron chi connectivity index (χ0n) is 11.9. The molecule has 0 aromatic carbocycles. The minimum absolute atomic E-state index is 0.0875. The number of carbonyl (C=O) groups is 1. The van der Waals surface area contributed by atoms with Crippen molar-refractivity contribution in [3.63, 3.8) is 0 Å². The average molecular weight is 321 g/mol. The van der Waals surface area contributed by atoms with E-state index in [2.05, 4.69) is 4.72 Å². The van der Waals surface area contributed by atoms with Gasteiger partial charge < -0.3 is 9.52 Å². The van der Waals surface area contributed by atoms with Gasteiger partial charge in [-0.3, -0.25) is 0 Å². The van der Waals surface area contributed by atoms with Gasteiger partial charge in [-0.05, 0) is 39.2 Å². The molecule has 20 heavy (non-hydrogen) atoms. The Morgan fingerprint density at radius 2 is 2.00 bits per heavy atom.